The quantitative estimate of drug-likeness (QED) is 0.592. The summed E-state index contributed by atoms with van der Waals surface area (Å²) in [4.78, 5) is 10.1. The molecule has 0 saturated heterocycles. The molecule has 0 radical (unpaired) electrons. The number of hydrogen-bond acceptors (Lipinski definition) is 2. The van der Waals surface area contributed by atoms with E-state index in [4.69, 9.17) is 0 Å². The van der Waals surface area contributed by atoms with E-state index >= 15 is 0 Å². The second kappa shape index (κ2) is 3.15. The molecule has 4 atom stereocenters. The summed E-state index contributed by atoms with van der Waals surface area (Å²) in [6, 6.07) is 0. The van der Waals surface area contributed by atoms with Crippen LogP contribution in [0.15, 0.2) is 5.18 Å². The predicted molar refractivity (Wildman–Crippen MR) is 48.8 cm³/mol. The van der Waals surface area contributed by atoms with Crippen LogP contribution in [0, 0.1) is 28.6 Å². The Morgan fingerprint density at radius 1 is 1.33 bits per heavy atom. The minimum Gasteiger partial charge on any atom is -0.151 e. The lowest BCUT2D eigenvalue weighted by Gasteiger charge is -2.58. The lowest BCUT2D eigenvalue weighted by atomic mass is 9.47. The molecule has 2 saturated carbocycles. The Morgan fingerprint density at radius 2 is 2.08 bits per heavy atom. The third-order valence-electron chi connectivity index (χ3n) is 3.81. The van der Waals surface area contributed by atoms with Crippen LogP contribution < -0.4 is 0 Å². The summed E-state index contributed by atoms with van der Waals surface area (Å²) < 4.78 is 0. The fourth-order valence-corrected chi connectivity index (χ4v) is 3.24. The van der Waals surface area contributed by atoms with Crippen LogP contribution in [0.3, 0.4) is 0 Å². The smallest absolute Gasteiger partial charge is 0.0842 e. The lowest BCUT2D eigenvalue weighted by Crippen LogP contribution is -2.52. The molecule has 0 N–H and O–H groups in total. The summed E-state index contributed by atoms with van der Waals surface area (Å²) >= 11 is 0. The van der Waals surface area contributed by atoms with Crippen molar-refractivity contribution >= 4 is 0 Å². The van der Waals surface area contributed by atoms with E-state index in [0.29, 0.717) is 12.5 Å². The monoisotopic (exact) mass is 167 g/mol. The largest absolute Gasteiger partial charge is 0.151 e. The Kier molecular flexibility index (Phi) is 2.16. The Morgan fingerprint density at radius 3 is 2.67 bits per heavy atom. The molecule has 0 spiro atoms. The highest BCUT2D eigenvalue weighted by atomic mass is 16.3. The van der Waals surface area contributed by atoms with Gasteiger partial charge in [0.1, 0.15) is 0 Å². The van der Waals surface area contributed by atoms with Gasteiger partial charge in [-0.25, -0.2) is 0 Å². The van der Waals surface area contributed by atoms with E-state index in [0.717, 1.165) is 17.8 Å². The normalized spacial score (nSPS) is 44.1. The minimum absolute atomic E-state index is 0.585. The van der Waals surface area contributed by atoms with Gasteiger partial charge in [-0.1, -0.05) is 24.9 Å². The van der Waals surface area contributed by atoms with Gasteiger partial charge >= 0.3 is 0 Å². The van der Waals surface area contributed by atoms with Crippen LogP contribution in [0.25, 0.3) is 0 Å². The van der Waals surface area contributed by atoms with Gasteiger partial charge in [0.05, 0.1) is 6.54 Å². The van der Waals surface area contributed by atoms with Gasteiger partial charge < -0.3 is 0 Å². The van der Waals surface area contributed by atoms with Crippen molar-refractivity contribution in [3.8, 4) is 0 Å². The van der Waals surface area contributed by atoms with Crippen molar-refractivity contribution < 1.29 is 0 Å². The van der Waals surface area contributed by atoms with E-state index in [-0.39, 0.29) is 0 Å². The van der Waals surface area contributed by atoms with E-state index in [9.17, 15) is 4.91 Å². The fourth-order valence-electron chi connectivity index (χ4n) is 3.24. The van der Waals surface area contributed by atoms with Crippen molar-refractivity contribution in [2.24, 2.45) is 28.8 Å². The summed E-state index contributed by atoms with van der Waals surface area (Å²) in [7, 11) is 0. The zero-order valence-corrected chi connectivity index (χ0v) is 7.70. The van der Waals surface area contributed by atoms with Crippen LogP contribution in [-0.2, 0) is 0 Å². The average Bonchev–Trinajstić information content (AvgIpc) is 2.01. The second-order valence-corrected chi connectivity index (χ2v) is 4.43. The van der Waals surface area contributed by atoms with Gasteiger partial charge in [-0.2, -0.15) is 4.91 Å². The van der Waals surface area contributed by atoms with Crippen LogP contribution in [0.2, 0.25) is 0 Å². The first kappa shape index (κ1) is 8.21. The van der Waals surface area contributed by atoms with Crippen LogP contribution in [0.1, 0.15) is 32.6 Å². The maximum atomic E-state index is 10.1. The molecular weight excluding hydrogens is 150 g/mol. The SMILES string of the molecule is CCCC1CC2C[C@@H](CN=O)C12. The molecule has 12 heavy (non-hydrogen) atoms. The Bertz CT molecular complexity index is 179. The first-order chi connectivity index (χ1) is 5.86. The van der Waals surface area contributed by atoms with Gasteiger partial charge in [0.15, 0.2) is 0 Å². The molecular formula is C10H17NO. The van der Waals surface area contributed by atoms with E-state index in [1.807, 2.05) is 0 Å². The van der Waals surface area contributed by atoms with Crippen molar-refractivity contribution in [1.82, 2.24) is 0 Å². The first-order valence-corrected chi connectivity index (χ1v) is 5.16. The number of nitroso groups, excluding NO2 is 1. The van der Waals surface area contributed by atoms with Gasteiger partial charge in [0.2, 0.25) is 0 Å². The fraction of sp³-hybridized carbons (Fsp3) is 1.00. The van der Waals surface area contributed by atoms with Crippen LogP contribution in [-0.4, -0.2) is 6.54 Å². The molecule has 2 rings (SSSR count). The summed E-state index contributed by atoms with van der Waals surface area (Å²) in [6.07, 6.45) is 5.40. The van der Waals surface area contributed by atoms with Crippen molar-refractivity contribution in [3.63, 3.8) is 0 Å². The van der Waals surface area contributed by atoms with Crippen LogP contribution in [0.4, 0.5) is 0 Å². The molecule has 0 heterocycles. The first-order valence-electron chi connectivity index (χ1n) is 5.16. The minimum atomic E-state index is 0.585. The second-order valence-electron chi connectivity index (χ2n) is 4.43. The van der Waals surface area contributed by atoms with E-state index in [2.05, 4.69) is 12.1 Å². The standard InChI is InChI=1S/C10H17NO/c1-2-3-7-4-8-5-9(6-11-12)10(7)8/h7-10H,2-6H2,1H3/t7?,8?,9-,10?/m0/s1. The zero-order valence-electron chi connectivity index (χ0n) is 7.70. The highest BCUT2D eigenvalue weighted by Gasteiger charge is 2.52. The molecule has 0 aliphatic heterocycles. The molecule has 0 aromatic rings. The molecule has 0 aromatic heterocycles. The Hall–Kier alpha value is -0.400. The Balaban J connectivity index is 1.80. The Labute approximate surface area is 73.7 Å². The van der Waals surface area contributed by atoms with Crippen molar-refractivity contribution in [1.29, 1.82) is 0 Å². The maximum Gasteiger partial charge on any atom is 0.0842 e. The third kappa shape index (κ3) is 1.08. The summed E-state index contributed by atoms with van der Waals surface area (Å²) in [6.45, 7) is 2.83. The molecule has 0 bridgehead atoms. The highest BCUT2D eigenvalue weighted by Crippen LogP contribution is 2.59. The molecule has 2 aliphatic rings. The lowest BCUT2D eigenvalue weighted by molar-refractivity contribution is -0.0879. The van der Waals surface area contributed by atoms with Gasteiger partial charge in [-0.15, -0.1) is 0 Å². The average molecular weight is 167 g/mol. The summed E-state index contributed by atoms with van der Waals surface area (Å²) in [5.74, 6) is 3.48. The van der Waals surface area contributed by atoms with Crippen molar-refractivity contribution in [2.45, 2.75) is 32.6 Å². The predicted octanol–water partition coefficient (Wildman–Crippen LogP) is 2.83. The molecule has 0 aromatic carbocycles. The molecule has 2 fully saturated rings. The van der Waals surface area contributed by atoms with Crippen LogP contribution in [0.5, 0.6) is 0 Å². The molecule has 3 unspecified atom stereocenters. The number of fused-ring (bicyclic) bond motifs is 1. The third-order valence-corrected chi connectivity index (χ3v) is 3.81. The van der Waals surface area contributed by atoms with E-state index < -0.39 is 0 Å². The molecule has 2 nitrogen and oxygen atoms in total. The van der Waals surface area contributed by atoms with Gasteiger partial charge in [0, 0.05) is 0 Å². The number of rotatable bonds is 4. The number of hydrogen-bond donors (Lipinski definition) is 0. The summed E-state index contributed by atoms with van der Waals surface area (Å²) in [5.41, 5.74) is 0. The zero-order chi connectivity index (χ0) is 8.55. The van der Waals surface area contributed by atoms with E-state index in [1.165, 1.54) is 25.7 Å². The molecule has 2 heteroatoms. The van der Waals surface area contributed by atoms with Gasteiger partial charge in [-0.3, -0.25) is 0 Å². The van der Waals surface area contributed by atoms with Gasteiger partial charge in [-0.05, 0) is 36.5 Å². The van der Waals surface area contributed by atoms with Crippen molar-refractivity contribution in [2.75, 3.05) is 6.54 Å². The van der Waals surface area contributed by atoms with Crippen molar-refractivity contribution in [3.05, 3.63) is 4.91 Å². The molecule has 2 aliphatic carbocycles. The molecule has 68 valence electrons. The number of nitrogens with zero attached hydrogens (tertiary/aromatic N) is 1. The maximum absolute atomic E-state index is 10.1. The van der Waals surface area contributed by atoms with E-state index in [1.54, 1.807) is 0 Å². The van der Waals surface area contributed by atoms with Gasteiger partial charge in [0.25, 0.3) is 0 Å². The summed E-state index contributed by atoms with van der Waals surface area (Å²) in [5, 5.41) is 3.02. The topological polar surface area (TPSA) is 29.4 Å². The highest BCUT2D eigenvalue weighted by molar-refractivity contribution is 5.02. The molecule has 0 amide bonds. The van der Waals surface area contributed by atoms with Crippen LogP contribution >= 0.6 is 0 Å².